The minimum atomic E-state index is -2.39. The summed E-state index contributed by atoms with van der Waals surface area (Å²) < 4.78 is 15.3. The van der Waals surface area contributed by atoms with E-state index < -0.39 is 7.29 Å². The van der Waals surface area contributed by atoms with Crippen molar-refractivity contribution in [2.75, 3.05) is 12.3 Å². The first kappa shape index (κ1) is 17.4. The van der Waals surface area contributed by atoms with E-state index in [1.165, 1.54) is 0 Å². The van der Waals surface area contributed by atoms with Crippen molar-refractivity contribution >= 4 is 7.29 Å². The Morgan fingerprint density at radius 2 is 1.67 bits per heavy atom. The highest BCUT2D eigenvalue weighted by Crippen LogP contribution is 2.52. The number of allylic oxidation sites excluding steroid dienone is 5. The number of hydrogen-bond acceptors (Lipinski definition) is 1. The van der Waals surface area contributed by atoms with Crippen molar-refractivity contribution in [3.05, 3.63) is 37.0 Å². The van der Waals surface area contributed by atoms with Crippen LogP contribution in [-0.2, 0) is 4.57 Å². The highest BCUT2D eigenvalue weighted by molar-refractivity contribution is 7.61. The standard InChI is InChI=1S/C15H28NOP/c1-7-9-10-11-13-18(17,12-8-2)16(14(3)4)15(5)6/h7-11,14-15H,2,12-13H2,1,3-6H3/b9-7+,11-10+. The number of nitrogens with zero attached hydrogens (tertiary/aromatic N) is 1. The summed E-state index contributed by atoms with van der Waals surface area (Å²) in [4.78, 5) is 0. The molecule has 0 aromatic carbocycles. The molecule has 0 aliphatic heterocycles. The molecule has 1 atom stereocenters. The summed E-state index contributed by atoms with van der Waals surface area (Å²) in [5.41, 5.74) is 0. The smallest absolute Gasteiger partial charge is 0.158 e. The third-order valence-corrected chi connectivity index (χ3v) is 6.10. The molecule has 104 valence electrons. The summed E-state index contributed by atoms with van der Waals surface area (Å²) in [6, 6.07) is 0.566. The molecular weight excluding hydrogens is 241 g/mol. The van der Waals surface area contributed by atoms with Crippen LogP contribution in [0.5, 0.6) is 0 Å². The molecule has 0 rings (SSSR count). The Morgan fingerprint density at radius 1 is 1.11 bits per heavy atom. The van der Waals surface area contributed by atoms with Gasteiger partial charge >= 0.3 is 0 Å². The molecular formula is C15H28NOP. The maximum Gasteiger partial charge on any atom is 0.158 e. The molecule has 2 nitrogen and oxygen atoms in total. The zero-order valence-electron chi connectivity index (χ0n) is 12.5. The molecule has 0 aromatic rings. The lowest BCUT2D eigenvalue weighted by Gasteiger charge is -2.37. The summed E-state index contributed by atoms with van der Waals surface area (Å²) in [5, 5.41) is 0. The van der Waals surface area contributed by atoms with Gasteiger partial charge in [0.1, 0.15) is 0 Å². The van der Waals surface area contributed by atoms with Crippen LogP contribution < -0.4 is 0 Å². The van der Waals surface area contributed by atoms with Gasteiger partial charge in [0.2, 0.25) is 0 Å². The van der Waals surface area contributed by atoms with Crippen molar-refractivity contribution in [2.24, 2.45) is 0 Å². The van der Waals surface area contributed by atoms with E-state index in [4.69, 9.17) is 0 Å². The third kappa shape index (κ3) is 5.37. The molecule has 18 heavy (non-hydrogen) atoms. The fourth-order valence-corrected chi connectivity index (χ4v) is 5.38. The monoisotopic (exact) mass is 269 g/mol. The van der Waals surface area contributed by atoms with Gasteiger partial charge < -0.3 is 4.57 Å². The first-order valence-electron chi connectivity index (χ1n) is 6.64. The predicted molar refractivity (Wildman–Crippen MR) is 83.6 cm³/mol. The van der Waals surface area contributed by atoms with Gasteiger partial charge in [-0.1, -0.05) is 30.4 Å². The van der Waals surface area contributed by atoms with Crippen LogP contribution in [0.25, 0.3) is 0 Å². The van der Waals surface area contributed by atoms with Gasteiger partial charge in [-0.05, 0) is 34.6 Å². The second-order valence-corrected chi connectivity index (χ2v) is 7.91. The minimum absolute atomic E-state index is 0.283. The van der Waals surface area contributed by atoms with Gasteiger partial charge in [-0.2, -0.15) is 0 Å². The Labute approximate surface area is 113 Å². The molecule has 0 heterocycles. The van der Waals surface area contributed by atoms with Crippen molar-refractivity contribution < 1.29 is 4.57 Å². The predicted octanol–water partition coefficient (Wildman–Crippen LogP) is 4.70. The molecule has 0 aliphatic rings. The molecule has 0 radical (unpaired) electrons. The molecule has 0 saturated heterocycles. The lowest BCUT2D eigenvalue weighted by Crippen LogP contribution is -2.35. The van der Waals surface area contributed by atoms with Gasteiger partial charge in [0.15, 0.2) is 7.29 Å². The van der Waals surface area contributed by atoms with Crippen molar-refractivity contribution in [1.29, 1.82) is 0 Å². The van der Waals surface area contributed by atoms with E-state index in [0.29, 0.717) is 12.3 Å². The summed E-state index contributed by atoms with van der Waals surface area (Å²) >= 11 is 0. The summed E-state index contributed by atoms with van der Waals surface area (Å²) in [6.07, 6.45) is 10.9. The van der Waals surface area contributed by atoms with Crippen LogP contribution in [-0.4, -0.2) is 29.1 Å². The maximum atomic E-state index is 13.1. The van der Waals surface area contributed by atoms with Crippen LogP contribution >= 0.6 is 7.29 Å². The minimum Gasteiger partial charge on any atom is -0.306 e. The Bertz CT molecular complexity index is 334. The highest BCUT2D eigenvalue weighted by Gasteiger charge is 2.31. The largest absolute Gasteiger partial charge is 0.306 e. The van der Waals surface area contributed by atoms with Gasteiger partial charge in [-0.25, -0.2) is 4.67 Å². The van der Waals surface area contributed by atoms with Crippen molar-refractivity contribution in [1.82, 2.24) is 4.67 Å². The first-order valence-corrected chi connectivity index (χ1v) is 8.67. The van der Waals surface area contributed by atoms with Crippen LogP contribution in [0.1, 0.15) is 34.6 Å². The van der Waals surface area contributed by atoms with E-state index in [0.717, 1.165) is 0 Å². The van der Waals surface area contributed by atoms with E-state index in [1.54, 1.807) is 6.08 Å². The quantitative estimate of drug-likeness (QED) is 0.361. The molecule has 0 aliphatic carbocycles. The van der Waals surface area contributed by atoms with Gasteiger partial charge in [0.25, 0.3) is 0 Å². The van der Waals surface area contributed by atoms with Crippen LogP contribution in [0.2, 0.25) is 0 Å². The Hall–Kier alpha value is -0.590. The summed E-state index contributed by atoms with van der Waals surface area (Å²) in [5.74, 6) is 0. The topological polar surface area (TPSA) is 20.3 Å². The van der Waals surface area contributed by atoms with Gasteiger partial charge in [-0.15, -0.1) is 6.58 Å². The van der Waals surface area contributed by atoms with Crippen LogP contribution in [0.3, 0.4) is 0 Å². The fourth-order valence-electron chi connectivity index (χ4n) is 2.32. The Kier molecular flexibility index (Phi) is 8.22. The summed E-state index contributed by atoms with van der Waals surface area (Å²) in [6.45, 7) is 14.1. The lowest BCUT2D eigenvalue weighted by atomic mass is 10.3. The normalized spacial score (nSPS) is 16.2. The molecule has 0 spiro atoms. The fraction of sp³-hybridized carbons (Fsp3) is 0.600. The van der Waals surface area contributed by atoms with E-state index in [2.05, 4.69) is 38.9 Å². The van der Waals surface area contributed by atoms with Crippen LogP contribution in [0, 0.1) is 0 Å². The van der Waals surface area contributed by atoms with Crippen LogP contribution in [0.4, 0.5) is 0 Å². The molecule has 0 aromatic heterocycles. The van der Waals surface area contributed by atoms with Gasteiger partial charge in [0.05, 0.1) is 0 Å². The highest BCUT2D eigenvalue weighted by atomic mass is 31.2. The third-order valence-electron chi connectivity index (χ3n) is 2.72. The molecule has 0 fully saturated rings. The van der Waals surface area contributed by atoms with E-state index in [1.807, 2.05) is 31.2 Å². The van der Waals surface area contributed by atoms with Crippen LogP contribution in [0.15, 0.2) is 37.0 Å². The Morgan fingerprint density at radius 3 is 2.06 bits per heavy atom. The average molecular weight is 269 g/mol. The maximum absolute atomic E-state index is 13.1. The van der Waals surface area contributed by atoms with Gasteiger partial charge in [-0.3, -0.25) is 0 Å². The zero-order valence-corrected chi connectivity index (χ0v) is 13.4. The molecule has 0 bridgehead atoms. The van der Waals surface area contributed by atoms with Crippen molar-refractivity contribution in [3.8, 4) is 0 Å². The SMILES string of the molecule is C=CCP(=O)(C/C=C/C=C/C)N(C(C)C)C(C)C. The Balaban J connectivity index is 5.09. The van der Waals surface area contributed by atoms with Gasteiger partial charge in [0, 0.05) is 24.4 Å². The van der Waals surface area contributed by atoms with Crippen molar-refractivity contribution in [3.63, 3.8) is 0 Å². The second-order valence-electron chi connectivity index (χ2n) is 5.02. The lowest BCUT2D eigenvalue weighted by molar-refractivity contribution is 0.301. The van der Waals surface area contributed by atoms with E-state index in [-0.39, 0.29) is 12.1 Å². The van der Waals surface area contributed by atoms with Crippen molar-refractivity contribution in [2.45, 2.75) is 46.7 Å². The number of rotatable bonds is 8. The molecule has 1 unspecified atom stereocenters. The summed E-state index contributed by atoms with van der Waals surface area (Å²) in [7, 11) is -2.39. The first-order chi connectivity index (χ1) is 8.39. The average Bonchev–Trinajstić information content (AvgIpc) is 2.23. The second kappa shape index (κ2) is 8.50. The van der Waals surface area contributed by atoms with E-state index in [9.17, 15) is 4.57 Å². The van der Waals surface area contributed by atoms with E-state index >= 15 is 0 Å². The molecule has 0 amide bonds. The molecule has 3 heteroatoms. The molecule has 0 N–H and O–H groups in total. The zero-order chi connectivity index (χ0) is 14.2. The number of hydrogen-bond donors (Lipinski definition) is 0. The molecule has 0 saturated carbocycles.